The average Bonchev–Trinajstić information content (AvgIpc) is 2.59. The van der Waals surface area contributed by atoms with Gasteiger partial charge in [-0.05, 0) is 24.8 Å². The van der Waals surface area contributed by atoms with Crippen LogP contribution in [0.3, 0.4) is 0 Å². The van der Waals surface area contributed by atoms with Crippen molar-refractivity contribution in [1.29, 1.82) is 0 Å². The lowest BCUT2D eigenvalue weighted by molar-refractivity contribution is 0.194. The van der Waals surface area contributed by atoms with Crippen LogP contribution >= 0.6 is 8.60 Å². The molecule has 0 saturated carbocycles. The van der Waals surface area contributed by atoms with Crippen LogP contribution in [-0.2, 0) is 4.52 Å². The molecule has 8 nitrogen and oxygen atoms in total. The molecule has 24 heavy (non-hydrogen) atoms. The zero-order valence-corrected chi connectivity index (χ0v) is 14.2. The summed E-state index contributed by atoms with van der Waals surface area (Å²) in [5, 5.41) is 10.7. The molecule has 1 saturated heterocycles. The standard InChI is InChI=1S/C15H20N3O5P/c1-22-14-6-11-12(7-13(14)19)16-9-17-15(11)18-4-2-10(3-5-18)8-23-24(20)21/h6-7,9-10,19-21H,2-5,8H2,1H3. The molecule has 3 N–H and O–H groups in total. The van der Waals surface area contributed by atoms with Gasteiger partial charge in [-0.1, -0.05) is 0 Å². The van der Waals surface area contributed by atoms with Crippen LogP contribution in [0.4, 0.5) is 5.82 Å². The number of methoxy groups -OCH3 is 1. The number of phenolic OH excluding ortho intramolecular Hbond substituents is 1. The Balaban J connectivity index is 1.78. The summed E-state index contributed by atoms with van der Waals surface area (Å²) in [7, 11) is -0.777. The second-order valence-electron chi connectivity index (χ2n) is 5.72. The fourth-order valence-electron chi connectivity index (χ4n) is 2.96. The topological polar surface area (TPSA) is 108 Å². The Morgan fingerprint density at radius 3 is 2.67 bits per heavy atom. The van der Waals surface area contributed by atoms with Crippen LogP contribution in [0.15, 0.2) is 18.5 Å². The van der Waals surface area contributed by atoms with Crippen LogP contribution in [-0.4, -0.2) is 51.7 Å². The normalized spacial score (nSPS) is 16.1. The van der Waals surface area contributed by atoms with Crippen LogP contribution in [0.25, 0.3) is 10.9 Å². The number of benzene rings is 1. The van der Waals surface area contributed by atoms with E-state index in [0.29, 0.717) is 23.8 Å². The third-order valence-electron chi connectivity index (χ3n) is 4.25. The fourth-order valence-corrected chi connectivity index (χ4v) is 3.30. The Morgan fingerprint density at radius 2 is 2.00 bits per heavy atom. The third kappa shape index (κ3) is 3.67. The van der Waals surface area contributed by atoms with E-state index in [0.717, 1.165) is 37.1 Å². The van der Waals surface area contributed by atoms with Crippen molar-refractivity contribution in [3.05, 3.63) is 18.5 Å². The second-order valence-corrected chi connectivity index (χ2v) is 6.48. The summed E-state index contributed by atoms with van der Waals surface area (Å²) in [4.78, 5) is 28.5. The van der Waals surface area contributed by atoms with Gasteiger partial charge in [0.15, 0.2) is 11.5 Å². The van der Waals surface area contributed by atoms with E-state index in [-0.39, 0.29) is 5.75 Å². The van der Waals surface area contributed by atoms with E-state index in [1.54, 1.807) is 12.1 Å². The molecule has 0 unspecified atom stereocenters. The van der Waals surface area contributed by atoms with E-state index in [2.05, 4.69) is 14.9 Å². The molecule has 3 rings (SSSR count). The molecule has 0 spiro atoms. The molecule has 0 aliphatic carbocycles. The van der Waals surface area contributed by atoms with Gasteiger partial charge in [0.25, 0.3) is 0 Å². The lowest BCUT2D eigenvalue weighted by Gasteiger charge is -2.33. The Bertz CT molecular complexity index is 707. The largest absolute Gasteiger partial charge is 0.504 e. The lowest BCUT2D eigenvalue weighted by atomic mass is 9.97. The van der Waals surface area contributed by atoms with Crippen molar-refractivity contribution in [2.24, 2.45) is 5.92 Å². The van der Waals surface area contributed by atoms with Crippen molar-refractivity contribution in [3.8, 4) is 11.5 Å². The highest BCUT2D eigenvalue weighted by Crippen LogP contribution is 2.35. The quantitative estimate of drug-likeness (QED) is 0.698. The van der Waals surface area contributed by atoms with Gasteiger partial charge in [0, 0.05) is 24.5 Å². The third-order valence-corrected chi connectivity index (χ3v) is 4.63. The first-order valence-electron chi connectivity index (χ1n) is 7.66. The van der Waals surface area contributed by atoms with E-state index in [1.807, 2.05) is 0 Å². The first kappa shape index (κ1) is 17.1. The van der Waals surface area contributed by atoms with E-state index >= 15 is 0 Å². The van der Waals surface area contributed by atoms with Crippen LogP contribution < -0.4 is 9.64 Å². The molecule has 9 heteroatoms. The number of anilines is 1. The summed E-state index contributed by atoms with van der Waals surface area (Å²) < 4.78 is 10.1. The van der Waals surface area contributed by atoms with E-state index in [4.69, 9.17) is 19.0 Å². The summed E-state index contributed by atoms with van der Waals surface area (Å²) >= 11 is 0. The summed E-state index contributed by atoms with van der Waals surface area (Å²) in [5.74, 6) is 1.55. The van der Waals surface area contributed by atoms with Crippen molar-refractivity contribution in [2.75, 3.05) is 31.7 Å². The lowest BCUT2D eigenvalue weighted by Crippen LogP contribution is -2.35. The van der Waals surface area contributed by atoms with Crippen LogP contribution in [0, 0.1) is 5.92 Å². The van der Waals surface area contributed by atoms with Crippen molar-refractivity contribution < 1.29 is 24.2 Å². The number of fused-ring (bicyclic) bond motifs is 1. The predicted molar refractivity (Wildman–Crippen MR) is 90.0 cm³/mol. The molecule has 1 aliphatic rings. The molecule has 2 aromatic rings. The minimum Gasteiger partial charge on any atom is -0.504 e. The van der Waals surface area contributed by atoms with Gasteiger partial charge >= 0.3 is 8.60 Å². The molecule has 1 aromatic carbocycles. The summed E-state index contributed by atoms with van der Waals surface area (Å²) in [6, 6.07) is 3.32. The van der Waals surface area contributed by atoms with Crippen LogP contribution in [0.5, 0.6) is 11.5 Å². The first-order valence-corrected chi connectivity index (χ1v) is 8.82. The monoisotopic (exact) mass is 353 g/mol. The number of hydrogen-bond acceptors (Lipinski definition) is 8. The first-order chi connectivity index (χ1) is 11.6. The summed E-state index contributed by atoms with van der Waals surface area (Å²) in [5.41, 5.74) is 0.662. The number of piperidine rings is 1. The van der Waals surface area contributed by atoms with Gasteiger partial charge in [-0.3, -0.25) is 0 Å². The van der Waals surface area contributed by atoms with Gasteiger partial charge in [0.05, 0.1) is 19.2 Å². The van der Waals surface area contributed by atoms with Crippen molar-refractivity contribution in [3.63, 3.8) is 0 Å². The smallest absolute Gasteiger partial charge is 0.327 e. The minimum absolute atomic E-state index is 0.0509. The Labute approximate surface area is 140 Å². The second kappa shape index (κ2) is 7.44. The SMILES string of the molecule is COc1cc2c(N3CCC(COP(O)O)CC3)ncnc2cc1O. The molecular weight excluding hydrogens is 333 g/mol. The molecule has 2 heterocycles. The maximum atomic E-state index is 9.90. The fraction of sp³-hybridized carbons (Fsp3) is 0.467. The molecule has 0 bridgehead atoms. The van der Waals surface area contributed by atoms with Crippen LogP contribution in [0.1, 0.15) is 12.8 Å². The summed E-state index contributed by atoms with van der Waals surface area (Å²) in [6.45, 7) is 1.94. The Kier molecular flexibility index (Phi) is 5.30. The number of aromatic hydroxyl groups is 1. The number of aromatic nitrogens is 2. The van der Waals surface area contributed by atoms with Gasteiger partial charge in [0.1, 0.15) is 12.1 Å². The number of phenols is 1. The molecule has 1 aromatic heterocycles. The van der Waals surface area contributed by atoms with Crippen molar-refractivity contribution >= 4 is 25.3 Å². The molecule has 0 amide bonds. The van der Waals surface area contributed by atoms with E-state index in [1.165, 1.54) is 13.4 Å². The van der Waals surface area contributed by atoms with Crippen molar-refractivity contribution in [1.82, 2.24) is 9.97 Å². The highest BCUT2D eigenvalue weighted by molar-refractivity contribution is 7.39. The molecular formula is C15H20N3O5P. The zero-order chi connectivity index (χ0) is 17.1. The van der Waals surface area contributed by atoms with Gasteiger partial charge in [-0.2, -0.15) is 0 Å². The minimum atomic E-state index is -2.28. The van der Waals surface area contributed by atoms with E-state index in [9.17, 15) is 5.11 Å². The number of ether oxygens (including phenoxy) is 1. The van der Waals surface area contributed by atoms with Gasteiger partial charge in [0.2, 0.25) is 0 Å². The van der Waals surface area contributed by atoms with Gasteiger partial charge < -0.3 is 29.1 Å². The number of nitrogens with zero attached hydrogens (tertiary/aromatic N) is 3. The molecule has 0 atom stereocenters. The predicted octanol–water partition coefficient (Wildman–Crippen LogP) is 1.79. The number of rotatable bonds is 5. The molecule has 130 valence electrons. The molecule has 0 radical (unpaired) electrons. The molecule has 1 aliphatic heterocycles. The van der Waals surface area contributed by atoms with Crippen molar-refractivity contribution in [2.45, 2.75) is 12.8 Å². The average molecular weight is 353 g/mol. The van der Waals surface area contributed by atoms with E-state index < -0.39 is 8.60 Å². The Morgan fingerprint density at radius 1 is 1.25 bits per heavy atom. The number of hydrogen-bond donors (Lipinski definition) is 3. The molecule has 1 fully saturated rings. The zero-order valence-electron chi connectivity index (χ0n) is 13.3. The highest BCUT2D eigenvalue weighted by Gasteiger charge is 2.23. The van der Waals surface area contributed by atoms with Crippen LogP contribution in [0.2, 0.25) is 0 Å². The Hall–Kier alpha value is -1.73. The summed E-state index contributed by atoms with van der Waals surface area (Å²) in [6.07, 6.45) is 3.25. The van der Waals surface area contributed by atoms with Gasteiger partial charge in [-0.15, -0.1) is 0 Å². The highest BCUT2D eigenvalue weighted by atomic mass is 31.2. The van der Waals surface area contributed by atoms with Gasteiger partial charge in [-0.25, -0.2) is 9.97 Å². The maximum absolute atomic E-state index is 9.90. The maximum Gasteiger partial charge on any atom is 0.327 e.